The summed E-state index contributed by atoms with van der Waals surface area (Å²) in [6.45, 7) is 11.1. The van der Waals surface area contributed by atoms with E-state index in [1.54, 1.807) is 0 Å². The highest BCUT2D eigenvalue weighted by atomic mass is 79.9. The van der Waals surface area contributed by atoms with Gasteiger partial charge in [-0.1, -0.05) is 22.0 Å². The van der Waals surface area contributed by atoms with E-state index in [1.165, 1.54) is 12.1 Å². The summed E-state index contributed by atoms with van der Waals surface area (Å²) in [4.78, 5) is 0. The highest BCUT2D eigenvalue weighted by Crippen LogP contribution is 2.31. The van der Waals surface area contributed by atoms with E-state index < -0.39 is 0 Å². The van der Waals surface area contributed by atoms with Crippen LogP contribution < -0.4 is 10.6 Å². The quantitative estimate of drug-likeness (QED) is 0.830. The van der Waals surface area contributed by atoms with Gasteiger partial charge in [0.25, 0.3) is 0 Å². The Morgan fingerprint density at radius 1 is 1.24 bits per heavy atom. The molecule has 1 aromatic rings. The number of rotatable bonds is 3. The third-order valence-electron chi connectivity index (χ3n) is 4.10. The van der Waals surface area contributed by atoms with Crippen LogP contribution in [-0.2, 0) is 0 Å². The Kier molecular flexibility index (Phi) is 4.81. The summed E-state index contributed by atoms with van der Waals surface area (Å²) in [5.74, 6) is -0.207. The molecule has 1 aliphatic heterocycles. The van der Waals surface area contributed by atoms with E-state index in [9.17, 15) is 4.39 Å². The second-order valence-electron chi connectivity index (χ2n) is 7.55. The zero-order valence-corrected chi connectivity index (χ0v) is 15.1. The number of nitrogens with one attached hydrogen (secondary N) is 2. The Labute approximate surface area is 136 Å². The van der Waals surface area contributed by atoms with Crippen molar-refractivity contribution in [3.05, 3.63) is 34.1 Å². The van der Waals surface area contributed by atoms with E-state index in [0.717, 1.165) is 22.9 Å². The van der Waals surface area contributed by atoms with E-state index in [4.69, 9.17) is 0 Å². The fourth-order valence-electron chi connectivity index (χ4n) is 3.74. The molecule has 1 atom stereocenters. The van der Waals surface area contributed by atoms with Crippen LogP contribution in [0.4, 0.5) is 4.39 Å². The predicted molar refractivity (Wildman–Crippen MR) is 90.0 cm³/mol. The monoisotopic (exact) mass is 356 g/mol. The standard InChI is InChI=1S/C17H26BrFN2/c1-11(14-7-6-12(19)8-15(14)18)20-13-9-16(2,3)21-17(4,5)10-13/h6-8,11,13,20-21H,9-10H2,1-5H3. The van der Waals surface area contributed by atoms with Crippen LogP contribution in [0.2, 0.25) is 0 Å². The normalized spacial score (nSPS) is 23.0. The van der Waals surface area contributed by atoms with Crippen LogP contribution >= 0.6 is 15.9 Å². The molecular weight excluding hydrogens is 331 g/mol. The van der Waals surface area contributed by atoms with Crippen molar-refractivity contribution in [2.24, 2.45) is 0 Å². The van der Waals surface area contributed by atoms with Crippen LogP contribution in [0.15, 0.2) is 22.7 Å². The zero-order valence-electron chi connectivity index (χ0n) is 13.6. The summed E-state index contributed by atoms with van der Waals surface area (Å²) in [5.41, 5.74) is 1.35. The van der Waals surface area contributed by atoms with E-state index >= 15 is 0 Å². The van der Waals surface area contributed by atoms with Crippen molar-refractivity contribution in [1.29, 1.82) is 0 Å². The first-order valence-corrected chi connectivity index (χ1v) is 8.38. The van der Waals surface area contributed by atoms with Crippen molar-refractivity contribution >= 4 is 15.9 Å². The third kappa shape index (κ3) is 4.51. The molecule has 2 rings (SSSR count). The van der Waals surface area contributed by atoms with E-state index in [-0.39, 0.29) is 22.9 Å². The topological polar surface area (TPSA) is 24.1 Å². The fraction of sp³-hybridized carbons (Fsp3) is 0.647. The van der Waals surface area contributed by atoms with Crippen molar-refractivity contribution in [2.75, 3.05) is 0 Å². The fourth-order valence-corrected chi connectivity index (χ4v) is 4.43. The summed E-state index contributed by atoms with van der Waals surface area (Å²) in [7, 11) is 0. The minimum atomic E-state index is -0.207. The molecule has 1 saturated heterocycles. The molecule has 0 saturated carbocycles. The molecule has 1 aromatic carbocycles. The Hall–Kier alpha value is -0.450. The van der Waals surface area contributed by atoms with Crippen LogP contribution in [0.25, 0.3) is 0 Å². The van der Waals surface area contributed by atoms with Gasteiger partial charge >= 0.3 is 0 Å². The van der Waals surface area contributed by atoms with Crippen molar-refractivity contribution in [2.45, 2.75) is 70.6 Å². The van der Waals surface area contributed by atoms with E-state index in [1.807, 2.05) is 6.07 Å². The van der Waals surface area contributed by atoms with Gasteiger partial charge in [0.15, 0.2) is 0 Å². The SMILES string of the molecule is CC(NC1CC(C)(C)NC(C)(C)C1)c1ccc(F)cc1Br. The summed E-state index contributed by atoms with van der Waals surface area (Å²) < 4.78 is 14.0. The van der Waals surface area contributed by atoms with Gasteiger partial charge in [0, 0.05) is 27.6 Å². The van der Waals surface area contributed by atoms with Gasteiger partial charge in [-0.05, 0) is 65.2 Å². The van der Waals surface area contributed by atoms with Crippen molar-refractivity contribution in [3.8, 4) is 0 Å². The Morgan fingerprint density at radius 2 is 1.81 bits per heavy atom. The lowest BCUT2D eigenvalue weighted by Crippen LogP contribution is -2.61. The molecule has 1 fully saturated rings. The van der Waals surface area contributed by atoms with Crippen LogP contribution in [0.1, 0.15) is 59.1 Å². The Bertz CT molecular complexity index is 498. The van der Waals surface area contributed by atoms with Gasteiger partial charge in [0.2, 0.25) is 0 Å². The largest absolute Gasteiger partial charge is 0.307 e. The number of piperidine rings is 1. The van der Waals surface area contributed by atoms with Gasteiger partial charge in [-0.2, -0.15) is 0 Å². The number of hydrogen-bond donors (Lipinski definition) is 2. The second kappa shape index (κ2) is 5.98. The highest BCUT2D eigenvalue weighted by Gasteiger charge is 2.37. The second-order valence-corrected chi connectivity index (χ2v) is 8.41. The summed E-state index contributed by atoms with van der Waals surface area (Å²) in [5, 5.41) is 7.41. The molecule has 1 unspecified atom stereocenters. The molecule has 21 heavy (non-hydrogen) atoms. The molecule has 0 bridgehead atoms. The maximum absolute atomic E-state index is 13.2. The first kappa shape index (κ1) is 16.9. The summed E-state index contributed by atoms with van der Waals surface area (Å²) in [6, 6.07) is 5.55. The molecule has 0 aliphatic carbocycles. The van der Waals surface area contributed by atoms with Crippen LogP contribution in [-0.4, -0.2) is 17.1 Å². The van der Waals surface area contributed by atoms with Gasteiger partial charge in [-0.15, -0.1) is 0 Å². The molecule has 1 aliphatic rings. The molecule has 0 radical (unpaired) electrons. The minimum Gasteiger partial charge on any atom is -0.307 e. The van der Waals surface area contributed by atoms with Gasteiger partial charge in [0.1, 0.15) is 5.82 Å². The predicted octanol–water partition coefficient (Wildman–Crippen LogP) is 4.55. The van der Waals surface area contributed by atoms with Crippen molar-refractivity contribution < 1.29 is 4.39 Å². The number of halogens is 2. The van der Waals surface area contributed by atoms with Gasteiger partial charge < -0.3 is 10.6 Å². The van der Waals surface area contributed by atoms with Gasteiger partial charge in [-0.25, -0.2) is 4.39 Å². The number of hydrogen-bond acceptors (Lipinski definition) is 2. The zero-order chi connectivity index (χ0) is 15.8. The maximum Gasteiger partial charge on any atom is 0.124 e. The van der Waals surface area contributed by atoms with Crippen LogP contribution in [0, 0.1) is 5.82 Å². The molecule has 118 valence electrons. The lowest BCUT2D eigenvalue weighted by Gasteiger charge is -2.47. The van der Waals surface area contributed by atoms with Crippen LogP contribution in [0.3, 0.4) is 0 Å². The Balaban J connectivity index is 2.10. The summed E-state index contributed by atoms with van der Waals surface area (Å²) >= 11 is 3.47. The van der Waals surface area contributed by atoms with Crippen molar-refractivity contribution in [3.63, 3.8) is 0 Å². The lowest BCUT2D eigenvalue weighted by atomic mass is 9.79. The third-order valence-corrected chi connectivity index (χ3v) is 4.79. The van der Waals surface area contributed by atoms with Gasteiger partial charge in [-0.3, -0.25) is 0 Å². The van der Waals surface area contributed by atoms with E-state index in [2.05, 4.69) is 61.2 Å². The molecule has 4 heteroatoms. The lowest BCUT2D eigenvalue weighted by molar-refractivity contribution is 0.141. The smallest absolute Gasteiger partial charge is 0.124 e. The molecule has 1 heterocycles. The van der Waals surface area contributed by atoms with Crippen LogP contribution in [0.5, 0.6) is 0 Å². The molecule has 0 aromatic heterocycles. The van der Waals surface area contributed by atoms with E-state index in [0.29, 0.717) is 6.04 Å². The van der Waals surface area contributed by atoms with Gasteiger partial charge in [0.05, 0.1) is 0 Å². The first-order chi connectivity index (χ1) is 9.58. The average molecular weight is 357 g/mol. The summed E-state index contributed by atoms with van der Waals surface area (Å²) in [6.07, 6.45) is 2.17. The molecule has 2 nitrogen and oxygen atoms in total. The highest BCUT2D eigenvalue weighted by molar-refractivity contribution is 9.10. The Morgan fingerprint density at radius 3 is 2.33 bits per heavy atom. The average Bonchev–Trinajstić information content (AvgIpc) is 2.23. The first-order valence-electron chi connectivity index (χ1n) is 7.58. The molecular formula is C17H26BrFN2. The number of benzene rings is 1. The molecule has 2 N–H and O–H groups in total. The minimum absolute atomic E-state index is 0.124. The van der Waals surface area contributed by atoms with Crippen molar-refractivity contribution in [1.82, 2.24) is 10.6 Å². The maximum atomic E-state index is 13.2. The molecule has 0 amide bonds. The molecule has 0 spiro atoms.